The van der Waals surface area contributed by atoms with Gasteiger partial charge in [0.25, 0.3) is 11.6 Å². The van der Waals surface area contributed by atoms with Gasteiger partial charge in [0.05, 0.1) is 10.6 Å². The van der Waals surface area contributed by atoms with Crippen LogP contribution in [-0.2, 0) is 0 Å². The Labute approximate surface area is 132 Å². The Bertz CT molecular complexity index is 681. The zero-order valence-electron chi connectivity index (χ0n) is 12.7. The number of nitro groups is 1. The summed E-state index contributed by atoms with van der Waals surface area (Å²) in [6.45, 7) is 1.95. The molecule has 0 aliphatic heterocycles. The van der Waals surface area contributed by atoms with Crippen molar-refractivity contribution in [2.75, 3.05) is 6.61 Å². The number of hydrogen-bond acceptors (Lipinski definition) is 5. The van der Waals surface area contributed by atoms with Crippen LogP contribution >= 0.6 is 0 Å². The fraction of sp³-hybridized carbons (Fsp3) is 0.333. The molecule has 1 heterocycles. The van der Waals surface area contributed by atoms with Gasteiger partial charge in [-0.1, -0.05) is 0 Å². The lowest BCUT2D eigenvalue weighted by Gasteiger charge is -2.11. The van der Waals surface area contributed by atoms with Gasteiger partial charge in [0.15, 0.2) is 5.69 Å². The molecule has 8 nitrogen and oxygen atoms in total. The Morgan fingerprint density at radius 2 is 2.09 bits per heavy atom. The van der Waals surface area contributed by atoms with E-state index >= 15 is 0 Å². The molecule has 0 bridgehead atoms. The van der Waals surface area contributed by atoms with Gasteiger partial charge in [-0.2, -0.15) is 5.10 Å². The summed E-state index contributed by atoms with van der Waals surface area (Å²) < 4.78 is 1.48. The summed E-state index contributed by atoms with van der Waals surface area (Å²) in [5.41, 5.74) is 0.888. The summed E-state index contributed by atoms with van der Waals surface area (Å²) in [7, 11) is 0. The number of hydrogen-bond donors (Lipinski definition) is 2. The molecule has 23 heavy (non-hydrogen) atoms. The Hall–Kier alpha value is -2.74. The normalized spacial score (nSPS) is 11.9. The fourth-order valence-corrected chi connectivity index (χ4v) is 2.08. The zero-order chi connectivity index (χ0) is 16.8. The molecule has 122 valence electrons. The molecule has 1 amide bonds. The molecule has 8 heteroatoms. The van der Waals surface area contributed by atoms with E-state index in [1.54, 1.807) is 24.4 Å². The molecule has 0 saturated heterocycles. The van der Waals surface area contributed by atoms with Crippen molar-refractivity contribution in [2.24, 2.45) is 0 Å². The predicted octanol–water partition coefficient (Wildman–Crippen LogP) is 1.67. The van der Waals surface area contributed by atoms with Crippen LogP contribution in [0.25, 0.3) is 5.69 Å². The van der Waals surface area contributed by atoms with Gasteiger partial charge >= 0.3 is 0 Å². The molecule has 1 aromatic heterocycles. The Morgan fingerprint density at radius 1 is 1.39 bits per heavy atom. The molecule has 0 radical (unpaired) electrons. The van der Waals surface area contributed by atoms with Crippen LogP contribution in [0.1, 0.15) is 30.3 Å². The predicted molar refractivity (Wildman–Crippen MR) is 83.5 cm³/mol. The first-order valence-electron chi connectivity index (χ1n) is 7.23. The van der Waals surface area contributed by atoms with Crippen LogP contribution in [0, 0.1) is 10.1 Å². The number of nitrogens with one attached hydrogen (secondary N) is 1. The lowest BCUT2D eigenvalue weighted by atomic mass is 10.2. The summed E-state index contributed by atoms with van der Waals surface area (Å²) in [5.74, 6) is -0.295. The standard InChI is InChI=1S/C15H18N4O4/c1-11(3-2-10-20)16-15(21)14-8-9-18(17-14)12-4-6-13(7-5-12)19(22)23/h4-9,11,20H,2-3,10H2,1H3,(H,16,21). The molecular weight excluding hydrogens is 300 g/mol. The SMILES string of the molecule is CC(CCCO)NC(=O)c1ccn(-c2ccc([N+](=O)[O-])cc2)n1. The van der Waals surface area contributed by atoms with E-state index in [4.69, 9.17) is 5.11 Å². The van der Waals surface area contributed by atoms with E-state index in [9.17, 15) is 14.9 Å². The van der Waals surface area contributed by atoms with Gasteiger partial charge in [-0.25, -0.2) is 4.68 Å². The smallest absolute Gasteiger partial charge is 0.271 e. The number of carbonyl (C=O) groups is 1. The maximum absolute atomic E-state index is 12.1. The van der Waals surface area contributed by atoms with E-state index in [-0.39, 0.29) is 29.9 Å². The molecule has 0 aliphatic carbocycles. The average molecular weight is 318 g/mol. The number of nitrogens with zero attached hydrogens (tertiary/aromatic N) is 3. The van der Waals surface area contributed by atoms with Crippen molar-refractivity contribution >= 4 is 11.6 Å². The summed E-state index contributed by atoms with van der Waals surface area (Å²) in [5, 5.41) is 26.4. The van der Waals surface area contributed by atoms with Gasteiger partial charge in [-0.15, -0.1) is 0 Å². The molecule has 0 fully saturated rings. The van der Waals surface area contributed by atoms with Crippen molar-refractivity contribution in [3.8, 4) is 5.69 Å². The fourth-order valence-electron chi connectivity index (χ4n) is 2.08. The second kappa shape index (κ2) is 7.50. The third kappa shape index (κ3) is 4.36. The lowest BCUT2D eigenvalue weighted by molar-refractivity contribution is -0.384. The summed E-state index contributed by atoms with van der Waals surface area (Å²) >= 11 is 0. The second-order valence-corrected chi connectivity index (χ2v) is 5.16. The van der Waals surface area contributed by atoms with Crippen LogP contribution in [0.15, 0.2) is 36.5 Å². The molecule has 0 aliphatic rings. The van der Waals surface area contributed by atoms with Crippen LogP contribution in [0.5, 0.6) is 0 Å². The van der Waals surface area contributed by atoms with Gasteiger partial charge < -0.3 is 10.4 Å². The lowest BCUT2D eigenvalue weighted by Crippen LogP contribution is -2.33. The number of nitro benzene ring substituents is 1. The van der Waals surface area contributed by atoms with Crippen molar-refractivity contribution in [3.63, 3.8) is 0 Å². The molecule has 1 unspecified atom stereocenters. The number of carbonyl (C=O) groups excluding carboxylic acids is 1. The first-order chi connectivity index (χ1) is 11.0. The number of rotatable bonds is 7. The minimum absolute atomic E-state index is 0.00317. The first kappa shape index (κ1) is 16.6. The van der Waals surface area contributed by atoms with E-state index in [0.717, 1.165) is 0 Å². The first-order valence-corrected chi connectivity index (χ1v) is 7.23. The highest BCUT2D eigenvalue weighted by Gasteiger charge is 2.13. The third-order valence-corrected chi connectivity index (χ3v) is 3.32. The summed E-state index contributed by atoms with van der Waals surface area (Å²) in [6.07, 6.45) is 2.93. The Balaban J connectivity index is 2.05. The second-order valence-electron chi connectivity index (χ2n) is 5.16. The van der Waals surface area contributed by atoms with E-state index < -0.39 is 4.92 Å². The van der Waals surface area contributed by atoms with Crippen molar-refractivity contribution < 1.29 is 14.8 Å². The minimum atomic E-state index is -0.473. The van der Waals surface area contributed by atoms with E-state index in [0.29, 0.717) is 18.5 Å². The Morgan fingerprint density at radius 3 is 2.70 bits per heavy atom. The highest BCUT2D eigenvalue weighted by Crippen LogP contribution is 2.15. The molecular formula is C15H18N4O4. The van der Waals surface area contributed by atoms with Crippen LogP contribution in [0.3, 0.4) is 0 Å². The van der Waals surface area contributed by atoms with Crippen molar-refractivity contribution in [3.05, 3.63) is 52.3 Å². The number of amides is 1. The quantitative estimate of drug-likeness (QED) is 0.596. The number of aliphatic hydroxyl groups excluding tert-OH is 1. The van der Waals surface area contributed by atoms with Gasteiger partial charge in [0.2, 0.25) is 0 Å². The summed E-state index contributed by atoms with van der Waals surface area (Å²) in [6, 6.07) is 7.42. The zero-order valence-corrected chi connectivity index (χ0v) is 12.7. The molecule has 0 spiro atoms. The number of non-ortho nitro benzene ring substituents is 1. The highest BCUT2D eigenvalue weighted by atomic mass is 16.6. The third-order valence-electron chi connectivity index (χ3n) is 3.32. The van der Waals surface area contributed by atoms with Crippen LogP contribution < -0.4 is 5.32 Å². The van der Waals surface area contributed by atoms with Crippen LogP contribution in [-0.4, -0.2) is 38.4 Å². The Kier molecular flexibility index (Phi) is 5.42. The average Bonchev–Trinajstić information content (AvgIpc) is 3.03. The molecule has 2 rings (SSSR count). The molecule has 1 atom stereocenters. The van der Waals surface area contributed by atoms with Gasteiger partial charge in [0, 0.05) is 31.0 Å². The van der Waals surface area contributed by atoms with Crippen LogP contribution in [0.2, 0.25) is 0 Å². The number of aromatic nitrogens is 2. The highest BCUT2D eigenvalue weighted by molar-refractivity contribution is 5.92. The molecule has 2 aromatic rings. The number of benzene rings is 1. The van der Waals surface area contributed by atoms with Crippen molar-refractivity contribution in [1.29, 1.82) is 0 Å². The maximum Gasteiger partial charge on any atom is 0.271 e. The van der Waals surface area contributed by atoms with Gasteiger partial charge in [-0.3, -0.25) is 14.9 Å². The number of aliphatic hydroxyl groups is 1. The van der Waals surface area contributed by atoms with Gasteiger partial charge in [-0.05, 0) is 38.0 Å². The van der Waals surface area contributed by atoms with Crippen molar-refractivity contribution in [2.45, 2.75) is 25.8 Å². The van der Waals surface area contributed by atoms with E-state index in [2.05, 4.69) is 10.4 Å². The van der Waals surface area contributed by atoms with E-state index in [1.807, 2.05) is 6.92 Å². The van der Waals surface area contributed by atoms with E-state index in [1.165, 1.54) is 16.8 Å². The molecule has 2 N–H and O–H groups in total. The van der Waals surface area contributed by atoms with Gasteiger partial charge in [0.1, 0.15) is 0 Å². The maximum atomic E-state index is 12.1. The topological polar surface area (TPSA) is 110 Å². The minimum Gasteiger partial charge on any atom is -0.396 e. The van der Waals surface area contributed by atoms with Crippen LogP contribution in [0.4, 0.5) is 5.69 Å². The largest absolute Gasteiger partial charge is 0.396 e. The molecule has 0 saturated carbocycles. The monoisotopic (exact) mass is 318 g/mol. The van der Waals surface area contributed by atoms with Crippen molar-refractivity contribution in [1.82, 2.24) is 15.1 Å². The molecule has 1 aromatic carbocycles. The summed E-state index contributed by atoms with van der Waals surface area (Å²) in [4.78, 5) is 22.2.